The van der Waals surface area contributed by atoms with Crippen LogP contribution in [0.3, 0.4) is 0 Å². The largest absolute Gasteiger partial charge is 0.490 e. The van der Waals surface area contributed by atoms with Gasteiger partial charge in [0.25, 0.3) is 0 Å². The fraction of sp³-hybridized carbons (Fsp3) is 0.267. The number of alkyl halides is 1. The van der Waals surface area contributed by atoms with E-state index in [2.05, 4.69) is 11.9 Å². The molecule has 0 radical (unpaired) electrons. The van der Waals surface area contributed by atoms with Crippen LogP contribution in [0.15, 0.2) is 36.4 Å². The molecule has 0 unspecified atom stereocenters. The van der Waals surface area contributed by atoms with Gasteiger partial charge in [0.05, 0.1) is 23.2 Å². The van der Waals surface area contributed by atoms with Gasteiger partial charge in [-0.1, -0.05) is 30.7 Å². The number of halogens is 2. The first-order valence-electron chi connectivity index (χ1n) is 6.35. The maximum absolute atomic E-state index is 5.97. The molecule has 0 aliphatic heterocycles. The van der Waals surface area contributed by atoms with Gasteiger partial charge in [0.1, 0.15) is 0 Å². The van der Waals surface area contributed by atoms with Crippen LogP contribution in [-0.4, -0.2) is 11.6 Å². The molecule has 106 valence electrons. The summed E-state index contributed by atoms with van der Waals surface area (Å²) in [5.74, 6) is 2.00. The Kier molecular flexibility index (Phi) is 5.50. The normalized spacial score (nSPS) is 10.3. The summed E-state index contributed by atoms with van der Waals surface area (Å²) in [5, 5.41) is 0.530. The molecule has 0 N–H and O–H groups in total. The van der Waals surface area contributed by atoms with Gasteiger partial charge in [0.2, 0.25) is 5.88 Å². The average Bonchev–Trinajstić information content (AvgIpc) is 2.48. The van der Waals surface area contributed by atoms with Crippen molar-refractivity contribution in [2.45, 2.75) is 19.2 Å². The lowest BCUT2D eigenvalue weighted by Gasteiger charge is -2.12. The van der Waals surface area contributed by atoms with Gasteiger partial charge in [0.15, 0.2) is 11.5 Å². The van der Waals surface area contributed by atoms with Crippen LogP contribution in [0.25, 0.3) is 0 Å². The molecule has 0 saturated carbocycles. The lowest BCUT2D eigenvalue weighted by molar-refractivity contribution is 0.300. The molecule has 1 heterocycles. The molecule has 5 heteroatoms. The van der Waals surface area contributed by atoms with Crippen LogP contribution in [0.4, 0.5) is 0 Å². The third-order valence-corrected chi connectivity index (χ3v) is 3.14. The summed E-state index contributed by atoms with van der Waals surface area (Å²) in [6, 6.07) is 10.9. The van der Waals surface area contributed by atoms with Crippen LogP contribution in [-0.2, 0) is 5.88 Å². The predicted octanol–water partition coefficient (Wildman–Crippen LogP) is 5.05. The lowest BCUT2D eigenvalue weighted by atomic mass is 10.3. The van der Waals surface area contributed by atoms with E-state index in [9.17, 15) is 0 Å². The summed E-state index contributed by atoms with van der Waals surface area (Å²) in [6.45, 7) is 2.69. The van der Waals surface area contributed by atoms with Crippen LogP contribution >= 0.6 is 23.2 Å². The molecule has 0 amide bonds. The molecular weight excluding hydrogens is 297 g/mol. The number of hydrogen-bond acceptors (Lipinski definition) is 3. The number of ether oxygens (including phenoxy) is 2. The molecule has 1 aromatic carbocycles. The SMILES string of the molecule is CCCOc1ccccc1Oc1ccc(Cl)c(CCl)n1. The Morgan fingerprint density at radius 2 is 1.85 bits per heavy atom. The first-order chi connectivity index (χ1) is 9.74. The van der Waals surface area contributed by atoms with Crippen molar-refractivity contribution >= 4 is 23.2 Å². The Balaban J connectivity index is 2.21. The Labute approximate surface area is 128 Å². The number of rotatable bonds is 6. The standard InChI is InChI=1S/C15H15Cl2NO2/c1-2-9-19-13-5-3-4-6-14(13)20-15-8-7-11(17)12(10-16)18-15/h3-8H,2,9-10H2,1H3. The van der Waals surface area contributed by atoms with Gasteiger partial charge >= 0.3 is 0 Å². The fourth-order valence-corrected chi connectivity index (χ4v) is 2.04. The Bertz CT molecular complexity index is 576. The van der Waals surface area contributed by atoms with Crippen molar-refractivity contribution < 1.29 is 9.47 Å². The third-order valence-electron chi connectivity index (χ3n) is 2.55. The van der Waals surface area contributed by atoms with Crippen molar-refractivity contribution in [3.8, 4) is 17.4 Å². The van der Waals surface area contributed by atoms with E-state index < -0.39 is 0 Å². The monoisotopic (exact) mass is 311 g/mol. The highest BCUT2D eigenvalue weighted by molar-refractivity contribution is 6.32. The van der Waals surface area contributed by atoms with E-state index >= 15 is 0 Å². The van der Waals surface area contributed by atoms with Crippen molar-refractivity contribution in [2.24, 2.45) is 0 Å². The van der Waals surface area contributed by atoms with E-state index in [4.69, 9.17) is 32.7 Å². The van der Waals surface area contributed by atoms with Crippen molar-refractivity contribution in [1.29, 1.82) is 0 Å². The van der Waals surface area contributed by atoms with Crippen LogP contribution in [0.5, 0.6) is 17.4 Å². The molecule has 0 saturated heterocycles. The molecule has 3 nitrogen and oxygen atoms in total. The third kappa shape index (κ3) is 3.78. The minimum atomic E-state index is 0.240. The number of para-hydroxylation sites is 2. The quantitative estimate of drug-likeness (QED) is 0.699. The zero-order valence-corrected chi connectivity index (χ0v) is 12.6. The first kappa shape index (κ1) is 14.9. The second-order valence-electron chi connectivity index (χ2n) is 4.11. The van der Waals surface area contributed by atoms with Crippen LogP contribution in [0.2, 0.25) is 5.02 Å². The average molecular weight is 312 g/mol. The number of pyridine rings is 1. The van der Waals surface area contributed by atoms with Gasteiger partial charge in [-0.25, -0.2) is 4.98 Å². The number of benzene rings is 1. The smallest absolute Gasteiger partial charge is 0.219 e. The maximum Gasteiger partial charge on any atom is 0.219 e. The van der Waals surface area contributed by atoms with Crippen molar-refractivity contribution in [3.63, 3.8) is 0 Å². The minimum absolute atomic E-state index is 0.240. The van der Waals surface area contributed by atoms with Crippen LogP contribution < -0.4 is 9.47 Å². The Morgan fingerprint density at radius 3 is 2.55 bits per heavy atom. The number of aromatic nitrogens is 1. The van der Waals surface area contributed by atoms with Gasteiger partial charge in [-0.15, -0.1) is 11.6 Å². The van der Waals surface area contributed by atoms with E-state index in [-0.39, 0.29) is 5.88 Å². The van der Waals surface area contributed by atoms with Gasteiger partial charge < -0.3 is 9.47 Å². The molecule has 2 rings (SSSR count). The van der Waals surface area contributed by atoms with E-state index in [1.807, 2.05) is 24.3 Å². The first-order valence-corrected chi connectivity index (χ1v) is 7.27. The highest BCUT2D eigenvalue weighted by Crippen LogP contribution is 2.31. The Hall–Kier alpha value is -1.45. The zero-order chi connectivity index (χ0) is 14.4. The summed E-state index contributed by atoms with van der Waals surface area (Å²) < 4.78 is 11.4. The predicted molar refractivity (Wildman–Crippen MR) is 81.1 cm³/mol. The molecule has 2 aromatic rings. The summed E-state index contributed by atoms with van der Waals surface area (Å²) in [4.78, 5) is 4.27. The minimum Gasteiger partial charge on any atom is -0.490 e. The second-order valence-corrected chi connectivity index (χ2v) is 4.78. The fourth-order valence-electron chi connectivity index (χ4n) is 1.59. The molecule has 0 fully saturated rings. The van der Waals surface area contributed by atoms with Crippen molar-refractivity contribution in [1.82, 2.24) is 4.98 Å². The number of hydrogen-bond donors (Lipinski definition) is 0. The van der Waals surface area contributed by atoms with Gasteiger partial charge in [-0.05, 0) is 24.6 Å². The van der Waals surface area contributed by atoms with Gasteiger partial charge in [-0.2, -0.15) is 0 Å². The van der Waals surface area contributed by atoms with Gasteiger partial charge in [-0.3, -0.25) is 0 Å². The molecule has 0 spiro atoms. The van der Waals surface area contributed by atoms with Crippen LogP contribution in [0, 0.1) is 0 Å². The molecular formula is C15H15Cl2NO2. The van der Waals surface area contributed by atoms with Gasteiger partial charge in [0, 0.05) is 6.07 Å². The van der Waals surface area contributed by atoms with Crippen molar-refractivity contribution in [2.75, 3.05) is 6.61 Å². The van der Waals surface area contributed by atoms with E-state index in [0.717, 1.165) is 6.42 Å². The highest BCUT2D eigenvalue weighted by atomic mass is 35.5. The topological polar surface area (TPSA) is 31.4 Å². The number of nitrogens with zero attached hydrogens (tertiary/aromatic N) is 1. The maximum atomic E-state index is 5.97. The summed E-state index contributed by atoms with van der Waals surface area (Å²) in [5.41, 5.74) is 0.595. The van der Waals surface area contributed by atoms with Crippen LogP contribution in [0.1, 0.15) is 19.0 Å². The van der Waals surface area contributed by atoms with E-state index in [1.165, 1.54) is 0 Å². The molecule has 0 aliphatic rings. The molecule has 1 aromatic heterocycles. The lowest BCUT2D eigenvalue weighted by Crippen LogP contribution is -1.98. The molecule has 0 bridgehead atoms. The summed E-state index contributed by atoms with van der Waals surface area (Å²) in [6.07, 6.45) is 0.934. The highest BCUT2D eigenvalue weighted by Gasteiger charge is 2.08. The Morgan fingerprint density at radius 1 is 1.10 bits per heavy atom. The molecule has 0 aliphatic carbocycles. The van der Waals surface area contributed by atoms with E-state index in [0.29, 0.717) is 34.7 Å². The van der Waals surface area contributed by atoms with E-state index in [1.54, 1.807) is 12.1 Å². The summed E-state index contributed by atoms with van der Waals surface area (Å²) in [7, 11) is 0. The molecule has 20 heavy (non-hydrogen) atoms. The summed E-state index contributed by atoms with van der Waals surface area (Å²) >= 11 is 11.8. The van der Waals surface area contributed by atoms with Crippen molar-refractivity contribution in [3.05, 3.63) is 47.1 Å². The second kappa shape index (κ2) is 7.36. The molecule has 0 atom stereocenters. The zero-order valence-electron chi connectivity index (χ0n) is 11.1.